The Hall–Kier alpha value is -0.570. The van der Waals surface area contributed by atoms with Crippen molar-refractivity contribution in [3.05, 3.63) is 0 Å². The first-order chi connectivity index (χ1) is 4.63. The zero-order chi connectivity index (χ0) is 8.15. The molecule has 0 amide bonds. The van der Waals surface area contributed by atoms with Gasteiger partial charge in [-0.3, -0.25) is 4.79 Å². The van der Waals surface area contributed by atoms with E-state index in [9.17, 15) is 4.79 Å². The van der Waals surface area contributed by atoms with Gasteiger partial charge in [0, 0.05) is 7.11 Å². The predicted molar refractivity (Wildman–Crippen MR) is 37.9 cm³/mol. The lowest BCUT2D eigenvalue weighted by atomic mass is 10.0. The number of aliphatic carboxylic acids is 1. The van der Waals surface area contributed by atoms with Crippen molar-refractivity contribution in [1.29, 1.82) is 0 Å². The summed E-state index contributed by atoms with van der Waals surface area (Å²) in [4.78, 5) is 10.5. The molecule has 10 heavy (non-hydrogen) atoms. The summed E-state index contributed by atoms with van der Waals surface area (Å²) in [7, 11) is 1.52. The first-order valence-corrected chi connectivity index (χ1v) is 3.39. The van der Waals surface area contributed by atoms with Crippen LogP contribution in [-0.2, 0) is 9.53 Å². The van der Waals surface area contributed by atoms with Gasteiger partial charge in [-0.2, -0.15) is 0 Å². The summed E-state index contributed by atoms with van der Waals surface area (Å²) >= 11 is 0. The number of rotatable bonds is 4. The van der Waals surface area contributed by atoms with Crippen LogP contribution in [0.5, 0.6) is 0 Å². The fraction of sp³-hybridized carbons (Fsp3) is 0.857. The van der Waals surface area contributed by atoms with E-state index < -0.39 is 5.97 Å². The largest absolute Gasteiger partial charge is 0.481 e. The van der Waals surface area contributed by atoms with Gasteiger partial charge in [0.15, 0.2) is 0 Å². The third kappa shape index (κ3) is 2.35. The molecule has 0 rings (SSSR count). The summed E-state index contributed by atoms with van der Waals surface area (Å²) in [6, 6.07) is 0. The summed E-state index contributed by atoms with van der Waals surface area (Å²) in [5.41, 5.74) is 0. The Kier molecular flexibility index (Phi) is 4.03. The van der Waals surface area contributed by atoms with E-state index in [0.29, 0.717) is 6.42 Å². The first-order valence-electron chi connectivity index (χ1n) is 3.39. The average molecular weight is 146 g/mol. The zero-order valence-electron chi connectivity index (χ0n) is 6.63. The predicted octanol–water partition coefficient (Wildman–Crippen LogP) is 1.13. The van der Waals surface area contributed by atoms with Crippen LogP contribution in [0.15, 0.2) is 0 Å². The second-order valence-corrected chi connectivity index (χ2v) is 2.29. The second-order valence-electron chi connectivity index (χ2n) is 2.29. The molecule has 0 bridgehead atoms. The average Bonchev–Trinajstić information content (AvgIpc) is 1.88. The molecule has 0 radical (unpaired) electrons. The lowest BCUT2D eigenvalue weighted by Gasteiger charge is -2.16. The molecular formula is C7H14O3. The third-order valence-electron chi connectivity index (χ3n) is 1.70. The van der Waals surface area contributed by atoms with Crippen LogP contribution in [0.4, 0.5) is 0 Å². The lowest BCUT2D eigenvalue weighted by molar-refractivity contribution is -0.146. The van der Waals surface area contributed by atoms with Crippen LogP contribution >= 0.6 is 0 Å². The summed E-state index contributed by atoms with van der Waals surface area (Å²) < 4.78 is 4.88. The van der Waals surface area contributed by atoms with E-state index in [1.807, 2.05) is 6.92 Å². The maximum absolute atomic E-state index is 10.5. The van der Waals surface area contributed by atoms with E-state index in [0.717, 1.165) is 0 Å². The van der Waals surface area contributed by atoms with Gasteiger partial charge in [-0.15, -0.1) is 0 Å². The van der Waals surface area contributed by atoms with Gasteiger partial charge in [0.1, 0.15) is 0 Å². The normalized spacial score (nSPS) is 16.3. The molecule has 0 spiro atoms. The van der Waals surface area contributed by atoms with Crippen molar-refractivity contribution in [2.45, 2.75) is 26.4 Å². The standard InChI is InChI=1S/C7H14O3/c1-4-6(7(8)9)5(2)10-3/h5-6H,4H2,1-3H3,(H,8,9)/t5-,6-/m0/s1. The minimum Gasteiger partial charge on any atom is -0.481 e. The molecule has 60 valence electrons. The van der Waals surface area contributed by atoms with Crippen molar-refractivity contribution in [3.8, 4) is 0 Å². The van der Waals surface area contributed by atoms with Crippen molar-refractivity contribution >= 4 is 5.97 Å². The van der Waals surface area contributed by atoms with Crippen LogP contribution in [0.3, 0.4) is 0 Å². The molecule has 0 fully saturated rings. The highest BCUT2D eigenvalue weighted by Crippen LogP contribution is 2.10. The van der Waals surface area contributed by atoms with Gasteiger partial charge in [-0.25, -0.2) is 0 Å². The van der Waals surface area contributed by atoms with Gasteiger partial charge < -0.3 is 9.84 Å². The SMILES string of the molecule is CC[C@H](C(=O)O)[C@H](C)OC. The summed E-state index contributed by atoms with van der Waals surface area (Å²) in [6.07, 6.45) is 0.423. The van der Waals surface area contributed by atoms with Gasteiger partial charge >= 0.3 is 5.97 Å². The Morgan fingerprint density at radius 1 is 1.70 bits per heavy atom. The topological polar surface area (TPSA) is 46.5 Å². The number of ether oxygens (including phenoxy) is 1. The monoisotopic (exact) mass is 146 g/mol. The summed E-state index contributed by atoms with van der Waals surface area (Å²) in [6.45, 7) is 3.61. The van der Waals surface area contributed by atoms with E-state index in [2.05, 4.69) is 0 Å². The molecule has 0 saturated carbocycles. The Bertz CT molecular complexity index is 111. The minimum absolute atomic E-state index is 0.192. The number of hydrogen-bond donors (Lipinski definition) is 1. The zero-order valence-corrected chi connectivity index (χ0v) is 6.63. The maximum atomic E-state index is 10.5. The molecule has 0 aliphatic heterocycles. The molecule has 2 atom stereocenters. The molecule has 0 aromatic carbocycles. The van der Waals surface area contributed by atoms with E-state index in [1.54, 1.807) is 6.92 Å². The van der Waals surface area contributed by atoms with E-state index >= 15 is 0 Å². The fourth-order valence-corrected chi connectivity index (χ4v) is 0.872. The van der Waals surface area contributed by atoms with Gasteiger partial charge in [-0.1, -0.05) is 6.92 Å². The smallest absolute Gasteiger partial charge is 0.309 e. The first kappa shape index (κ1) is 9.43. The molecule has 0 saturated heterocycles. The Labute approximate surface area is 61.0 Å². The highest BCUT2D eigenvalue weighted by molar-refractivity contribution is 5.70. The van der Waals surface area contributed by atoms with Gasteiger partial charge in [0.2, 0.25) is 0 Å². The highest BCUT2D eigenvalue weighted by atomic mass is 16.5. The van der Waals surface area contributed by atoms with E-state index in [-0.39, 0.29) is 12.0 Å². The molecule has 0 aliphatic rings. The van der Waals surface area contributed by atoms with Crippen LogP contribution in [-0.4, -0.2) is 24.3 Å². The summed E-state index contributed by atoms with van der Waals surface area (Å²) in [5.74, 6) is -1.15. The van der Waals surface area contributed by atoms with Crippen LogP contribution in [0.25, 0.3) is 0 Å². The number of hydrogen-bond acceptors (Lipinski definition) is 2. The number of methoxy groups -OCH3 is 1. The third-order valence-corrected chi connectivity index (χ3v) is 1.70. The molecular weight excluding hydrogens is 132 g/mol. The fourth-order valence-electron chi connectivity index (χ4n) is 0.872. The Morgan fingerprint density at radius 3 is 2.30 bits per heavy atom. The van der Waals surface area contributed by atoms with Crippen LogP contribution in [0.2, 0.25) is 0 Å². The van der Waals surface area contributed by atoms with Gasteiger partial charge in [-0.05, 0) is 13.3 Å². The molecule has 1 N–H and O–H groups in total. The Balaban J connectivity index is 3.92. The van der Waals surface area contributed by atoms with Gasteiger partial charge in [0.25, 0.3) is 0 Å². The molecule has 3 nitrogen and oxygen atoms in total. The molecule has 0 aromatic heterocycles. The number of carboxylic acid groups (broad SMARTS) is 1. The highest BCUT2D eigenvalue weighted by Gasteiger charge is 2.21. The van der Waals surface area contributed by atoms with E-state index in [1.165, 1.54) is 7.11 Å². The Morgan fingerprint density at radius 2 is 2.20 bits per heavy atom. The molecule has 3 heteroatoms. The minimum atomic E-state index is -0.781. The van der Waals surface area contributed by atoms with Crippen molar-refractivity contribution in [1.82, 2.24) is 0 Å². The second kappa shape index (κ2) is 4.28. The maximum Gasteiger partial charge on any atom is 0.309 e. The van der Waals surface area contributed by atoms with E-state index in [4.69, 9.17) is 9.84 Å². The van der Waals surface area contributed by atoms with Crippen molar-refractivity contribution in [2.24, 2.45) is 5.92 Å². The molecule has 0 aliphatic carbocycles. The molecule has 0 aromatic rings. The van der Waals surface area contributed by atoms with Crippen molar-refractivity contribution in [2.75, 3.05) is 7.11 Å². The van der Waals surface area contributed by atoms with Gasteiger partial charge in [0.05, 0.1) is 12.0 Å². The molecule has 0 heterocycles. The quantitative estimate of drug-likeness (QED) is 0.646. The lowest BCUT2D eigenvalue weighted by Crippen LogP contribution is -2.26. The van der Waals surface area contributed by atoms with Crippen LogP contribution in [0, 0.1) is 5.92 Å². The van der Waals surface area contributed by atoms with Crippen molar-refractivity contribution in [3.63, 3.8) is 0 Å². The van der Waals surface area contributed by atoms with Crippen LogP contribution in [0.1, 0.15) is 20.3 Å². The molecule has 0 unspecified atom stereocenters. The van der Waals surface area contributed by atoms with Crippen LogP contribution < -0.4 is 0 Å². The van der Waals surface area contributed by atoms with Crippen molar-refractivity contribution < 1.29 is 14.6 Å². The summed E-state index contributed by atoms with van der Waals surface area (Å²) in [5, 5.41) is 8.59. The number of carboxylic acids is 1. The number of carbonyl (C=O) groups is 1.